The van der Waals surface area contributed by atoms with Gasteiger partial charge in [-0.05, 0) is 37.8 Å². The van der Waals surface area contributed by atoms with Gasteiger partial charge in [-0.2, -0.15) is 13.8 Å². The molecular weight excluding hydrogens is 410 g/mol. The number of sulfone groups is 1. The van der Waals surface area contributed by atoms with Crippen molar-refractivity contribution >= 4 is 21.2 Å². The van der Waals surface area contributed by atoms with E-state index in [1.807, 2.05) is 0 Å². The minimum Gasteiger partial charge on any atom is -0.366 e. The van der Waals surface area contributed by atoms with Crippen molar-refractivity contribution in [1.29, 1.82) is 0 Å². The van der Waals surface area contributed by atoms with Crippen molar-refractivity contribution < 1.29 is 26.6 Å². The standard InChI is InChI=1S/C17H18F2N4O5S/c18-17(19)29(26,27)12-3-4-13(14(9-12)23(24)25)22-7-5-10(6-8-22)15-20-16(28-21-15)11-1-2-11/h3-4,9-11,17H,1-2,5-8H2. The van der Waals surface area contributed by atoms with Gasteiger partial charge < -0.3 is 9.42 Å². The van der Waals surface area contributed by atoms with Gasteiger partial charge in [0.2, 0.25) is 15.7 Å². The van der Waals surface area contributed by atoms with Crippen LogP contribution in [0.15, 0.2) is 27.6 Å². The van der Waals surface area contributed by atoms with E-state index in [0.717, 1.165) is 18.9 Å². The number of nitro benzene ring substituents is 1. The van der Waals surface area contributed by atoms with Gasteiger partial charge in [-0.25, -0.2) is 8.42 Å². The first-order valence-electron chi connectivity index (χ1n) is 9.16. The van der Waals surface area contributed by atoms with Gasteiger partial charge in [-0.3, -0.25) is 10.1 Å². The average molecular weight is 428 g/mol. The second kappa shape index (κ2) is 7.32. The van der Waals surface area contributed by atoms with E-state index < -0.39 is 31.1 Å². The van der Waals surface area contributed by atoms with Gasteiger partial charge in [-0.15, -0.1) is 0 Å². The topological polar surface area (TPSA) is 119 Å². The lowest BCUT2D eigenvalue weighted by atomic mass is 9.95. The third kappa shape index (κ3) is 3.80. The molecule has 12 heteroatoms. The summed E-state index contributed by atoms with van der Waals surface area (Å²) >= 11 is 0. The number of rotatable bonds is 6. The summed E-state index contributed by atoms with van der Waals surface area (Å²) in [5.41, 5.74) is -0.311. The molecule has 1 aromatic heterocycles. The largest absolute Gasteiger partial charge is 0.366 e. The van der Waals surface area contributed by atoms with Crippen molar-refractivity contribution in [3.63, 3.8) is 0 Å². The van der Waals surface area contributed by atoms with Crippen LogP contribution in [0.3, 0.4) is 0 Å². The lowest BCUT2D eigenvalue weighted by molar-refractivity contribution is -0.384. The van der Waals surface area contributed by atoms with Crippen molar-refractivity contribution in [3.05, 3.63) is 40.0 Å². The minimum absolute atomic E-state index is 0.0695. The number of anilines is 1. The third-order valence-electron chi connectivity index (χ3n) is 5.29. The molecule has 2 fully saturated rings. The van der Waals surface area contributed by atoms with E-state index in [1.165, 1.54) is 6.07 Å². The zero-order valence-electron chi connectivity index (χ0n) is 15.2. The fourth-order valence-corrected chi connectivity index (χ4v) is 4.22. The third-order valence-corrected chi connectivity index (χ3v) is 6.67. The number of nitrogens with zero attached hydrogens (tertiary/aromatic N) is 4. The lowest BCUT2D eigenvalue weighted by Crippen LogP contribution is -2.33. The Morgan fingerprint density at radius 2 is 1.86 bits per heavy atom. The van der Waals surface area contributed by atoms with E-state index in [-0.39, 0.29) is 11.6 Å². The maximum Gasteiger partial charge on any atom is 0.341 e. The fraction of sp³-hybridized carbons (Fsp3) is 0.529. The second-order valence-corrected chi connectivity index (χ2v) is 9.16. The molecule has 0 atom stereocenters. The van der Waals surface area contributed by atoms with Crippen molar-refractivity contribution in [2.45, 2.75) is 48.2 Å². The first kappa shape index (κ1) is 19.7. The second-order valence-electron chi connectivity index (χ2n) is 7.24. The summed E-state index contributed by atoms with van der Waals surface area (Å²) < 4.78 is 54.1. The number of benzene rings is 1. The van der Waals surface area contributed by atoms with Gasteiger partial charge in [-0.1, -0.05) is 5.16 Å². The van der Waals surface area contributed by atoms with Gasteiger partial charge in [0.15, 0.2) is 5.82 Å². The Balaban J connectivity index is 1.52. The molecule has 1 saturated heterocycles. The maximum atomic E-state index is 12.8. The van der Waals surface area contributed by atoms with Crippen molar-refractivity contribution in [1.82, 2.24) is 10.1 Å². The molecule has 0 N–H and O–H groups in total. The fourth-order valence-electron chi connectivity index (χ4n) is 3.48. The molecule has 0 bridgehead atoms. The number of alkyl halides is 2. The van der Waals surface area contributed by atoms with Crippen LogP contribution in [0.4, 0.5) is 20.2 Å². The quantitative estimate of drug-likeness (QED) is 0.508. The molecule has 1 aliphatic carbocycles. The van der Waals surface area contributed by atoms with Crippen molar-refractivity contribution in [2.75, 3.05) is 18.0 Å². The van der Waals surface area contributed by atoms with E-state index in [0.29, 0.717) is 49.6 Å². The highest BCUT2D eigenvalue weighted by atomic mass is 32.2. The summed E-state index contributed by atoms with van der Waals surface area (Å²) in [5, 5.41) is 15.5. The highest BCUT2D eigenvalue weighted by Crippen LogP contribution is 2.40. The molecule has 0 unspecified atom stereocenters. The Morgan fingerprint density at radius 3 is 2.45 bits per heavy atom. The molecule has 156 valence electrons. The minimum atomic E-state index is -4.91. The molecule has 29 heavy (non-hydrogen) atoms. The lowest BCUT2D eigenvalue weighted by Gasteiger charge is -2.32. The summed E-state index contributed by atoms with van der Waals surface area (Å²) in [6.07, 6.45) is 3.39. The smallest absolute Gasteiger partial charge is 0.341 e. The molecule has 0 amide bonds. The Bertz CT molecular complexity index is 1030. The normalized spacial score (nSPS) is 18.4. The molecule has 2 aliphatic rings. The van der Waals surface area contributed by atoms with Crippen LogP contribution in [0.1, 0.15) is 49.2 Å². The summed E-state index contributed by atoms with van der Waals surface area (Å²) in [7, 11) is -4.91. The highest BCUT2D eigenvalue weighted by Gasteiger charge is 2.34. The van der Waals surface area contributed by atoms with Crippen molar-refractivity contribution in [3.8, 4) is 0 Å². The predicted molar refractivity (Wildman–Crippen MR) is 96.7 cm³/mol. The van der Waals surface area contributed by atoms with Crippen LogP contribution in [-0.4, -0.2) is 42.3 Å². The van der Waals surface area contributed by atoms with E-state index in [9.17, 15) is 27.3 Å². The Hall–Kier alpha value is -2.63. The monoisotopic (exact) mass is 428 g/mol. The molecule has 9 nitrogen and oxygen atoms in total. The number of nitro groups is 1. The molecule has 0 spiro atoms. The first-order chi connectivity index (χ1) is 13.8. The van der Waals surface area contributed by atoms with Crippen LogP contribution in [0, 0.1) is 10.1 Å². The average Bonchev–Trinajstić information content (AvgIpc) is 3.44. The SMILES string of the molecule is O=[N+]([O-])c1cc(S(=O)(=O)C(F)F)ccc1N1CCC(c2noc(C3CC3)n2)CC1. The zero-order valence-corrected chi connectivity index (χ0v) is 16.0. The Labute approximate surface area is 164 Å². The number of aromatic nitrogens is 2. The number of halogens is 2. The number of hydrogen-bond donors (Lipinski definition) is 0. The Morgan fingerprint density at radius 1 is 1.17 bits per heavy atom. The Kier molecular flexibility index (Phi) is 4.97. The maximum absolute atomic E-state index is 12.8. The van der Waals surface area contributed by atoms with Crippen LogP contribution in [0.5, 0.6) is 0 Å². The van der Waals surface area contributed by atoms with Crippen LogP contribution < -0.4 is 4.90 Å². The van der Waals surface area contributed by atoms with Crippen molar-refractivity contribution in [2.24, 2.45) is 0 Å². The van der Waals surface area contributed by atoms with E-state index >= 15 is 0 Å². The summed E-state index contributed by atoms with van der Waals surface area (Å²) in [4.78, 5) is 16.1. The van der Waals surface area contributed by atoms with E-state index in [1.54, 1.807) is 4.90 Å². The molecule has 4 rings (SSSR count). The summed E-state index contributed by atoms with van der Waals surface area (Å²) in [5.74, 6) is -1.91. The van der Waals surface area contributed by atoms with Gasteiger partial charge >= 0.3 is 5.76 Å². The van der Waals surface area contributed by atoms with Crippen LogP contribution in [0.25, 0.3) is 0 Å². The molecule has 1 aliphatic heterocycles. The molecule has 2 aromatic rings. The van der Waals surface area contributed by atoms with Gasteiger partial charge in [0, 0.05) is 31.0 Å². The number of hydrogen-bond acceptors (Lipinski definition) is 8. The van der Waals surface area contributed by atoms with E-state index in [4.69, 9.17) is 4.52 Å². The first-order valence-corrected chi connectivity index (χ1v) is 10.7. The summed E-state index contributed by atoms with van der Waals surface area (Å²) in [6.45, 7) is 0.916. The van der Waals surface area contributed by atoms with Gasteiger partial charge in [0.1, 0.15) is 5.69 Å². The number of piperidine rings is 1. The summed E-state index contributed by atoms with van der Waals surface area (Å²) in [6, 6.07) is 2.90. The molecular formula is C17H18F2N4O5S. The van der Waals surface area contributed by atoms with Crippen LogP contribution in [0.2, 0.25) is 0 Å². The predicted octanol–water partition coefficient (Wildman–Crippen LogP) is 3.24. The van der Waals surface area contributed by atoms with Crippen LogP contribution >= 0.6 is 0 Å². The van der Waals surface area contributed by atoms with Gasteiger partial charge in [0.25, 0.3) is 5.69 Å². The highest BCUT2D eigenvalue weighted by molar-refractivity contribution is 7.91. The zero-order chi connectivity index (χ0) is 20.8. The van der Waals surface area contributed by atoms with Gasteiger partial charge in [0.05, 0.1) is 9.82 Å². The van der Waals surface area contributed by atoms with Crippen LogP contribution in [-0.2, 0) is 9.84 Å². The molecule has 1 saturated carbocycles. The molecule has 2 heterocycles. The molecule has 1 aromatic carbocycles. The van der Waals surface area contributed by atoms with E-state index in [2.05, 4.69) is 10.1 Å². The molecule has 0 radical (unpaired) electrons.